The number of nitrogens with zero attached hydrogens (tertiary/aromatic N) is 1. The fourth-order valence-corrected chi connectivity index (χ4v) is 6.93. The predicted molar refractivity (Wildman–Crippen MR) is 131 cm³/mol. The monoisotopic (exact) mass is 438 g/mol. The van der Waals surface area contributed by atoms with Crippen molar-refractivity contribution in [2.75, 3.05) is 25.4 Å². The molecule has 0 aromatic carbocycles. The maximum atomic E-state index is 6.29. The summed E-state index contributed by atoms with van der Waals surface area (Å²) in [6.07, 6.45) is 17.0. The number of piperidine rings is 1. The lowest BCUT2D eigenvalue weighted by atomic mass is 9.65. The van der Waals surface area contributed by atoms with Gasteiger partial charge in [0.2, 0.25) is 0 Å². The lowest BCUT2D eigenvalue weighted by Gasteiger charge is -2.48. The molecule has 5 atom stereocenters. The molecule has 1 N–H and O–H groups in total. The van der Waals surface area contributed by atoms with Crippen molar-refractivity contribution in [1.29, 1.82) is 0 Å². The second kappa shape index (κ2) is 11.1. The summed E-state index contributed by atoms with van der Waals surface area (Å²) < 4.78 is 3.85. The first-order valence-corrected chi connectivity index (χ1v) is 13.3. The molecule has 0 radical (unpaired) electrons. The van der Waals surface area contributed by atoms with Gasteiger partial charge in [-0.2, -0.15) is 0 Å². The minimum atomic E-state index is 0.259. The van der Waals surface area contributed by atoms with Crippen molar-refractivity contribution < 1.29 is 0 Å². The quantitative estimate of drug-likeness (QED) is 0.263. The highest BCUT2D eigenvalue weighted by Gasteiger charge is 2.40. The number of hydrogen-bond donors (Lipinski definition) is 1. The van der Waals surface area contributed by atoms with Crippen LogP contribution in [0.5, 0.6) is 0 Å². The molecule has 1 saturated heterocycles. The van der Waals surface area contributed by atoms with Gasteiger partial charge in [0.15, 0.2) is 0 Å². The fraction of sp³-hybridized carbons (Fsp3) is 0.840. The highest BCUT2D eigenvalue weighted by Crippen LogP contribution is 2.43. The topological polar surface area (TPSA) is 15.3 Å². The van der Waals surface area contributed by atoms with Crippen molar-refractivity contribution in [3.05, 3.63) is 24.3 Å². The number of rotatable bonds is 8. The van der Waals surface area contributed by atoms with Crippen LogP contribution in [0.15, 0.2) is 24.3 Å². The van der Waals surface area contributed by atoms with E-state index in [0.29, 0.717) is 17.4 Å². The standard InChI is InChI=1S/C25H43ClN2S/c1-19(2)24(27-29-17-20-8-6-5-7-9-20)16-28-15-14-23(25(3,4)18-28)21-10-12-22(26)13-11-21/h5-6,10,12,19-24,27H,7-9,11,13-18H2,1-4H3/t20?,21?,22?,23-,24+/m1/s1. The molecule has 2 nitrogen and oxygen atoms in total. The molecule has 166 valence electrons. The summed E-state index contributed by atoms with van der Waals surface area (Å²) in [5.41, 5.74) is 0.371. The van der Waals surface area contributed by atoms with Gasteiger partial charge in [0, 0.05) is 24.9 Å². The first kappa shape index (κ1) is 23.7. The van der Waals surface area contributed by atoms with Crippen molar-refractivity contribution in [1.82, 2.24) is 9.62 Å². The molecule has 1 aliphatic heterocycles. The molecule has 3 aliphatic rings. The van der Waals surface area contributed by atoms with E-state index in [1.165, 1.54) is 57.5 Å². The van der Waals surface area contributed by atoms with Crippen molar-refractivity contribution in [3.8, 4) is 0 Å². The van der Waals surface area contributed by atoms with Crippen LogP contribution in [-0.2, 0) is 0 Å². The van der Waals surface area contributed by atoms with Gasteiger partial charge in [-0.05, 0) is 74.2 Å². The molecule has 4 heteroatoms. The van der Waals surface area contributed by atoms with E-state index in [2.05, 4.69) is 61.6 Å². The second-order valence-electron chi connectivity index (χ2n) is 10.7. The predicted octanol–water partition coefficient (Wildman–Crippen LogP) is 6.53. The normalized spacial score (nSPS) is 33.9. The number of halogens is 1. The first-order chi connectivity index (χ1) is 13.8. The number of alkyl halides is 1. The maximum absolute atomic E-state index is 6.29. The van der Waals surface area contributed by atoms with Gasteiger partial charge < -0.3 is 4.90 Å². The molecular weight excluding hydrogens is 396 g/mol. The van der Waals surface area contributed by atoms with Crippen LogP contribution in [0.2, 0.25) is 0 Å². The van der Waals surface area contributed by atoms with Crippen LogP contribution < -0.4 is 4.72 Å². The highest BCUT2D eigenvalue weighted by atomic mass is 35.5. The minimum absolute atomic E-state index is 0.259. The zero-order valence-electron chi connectivity index (χ0n) is 19.1. The highest BCUT2D eigenvalue weighted by molar-refractivity contribution is 7.97. The summed E-state index contributed by atoms with van der Waals surface area (Å²) in [5.74, 6) is 4.28. The van der Waals surface area contributed by atoms with Crippen LogP contribution in [0.25, 0.3) is 0 Å². The molecule has 0 aromatic rings. The van der Waals surface area contributed by atoms with E-state index in [9.17, 15) is 0 Å². The van der Waals surface area contributed by atoms with E-state index in [0.717, 1.165) is 24.2 Å². The summed E-state index contributed by atoms with van der Waals surface area (Å²) in [6.45, 7) is 13.4. The number of allylic oxidation sites excluding steroid dienone is 4. The molecule has 0 spiro atoms. The lowest BCUT2D eigenvalue weighted by molar-refractivity contribution is 0.0236. The number of likely N-dealkylation sites (tertiary alicyclic amines) is 1. The molecular formula is C25H43ClN2S. The average Bonchev–Trinajstić information content (AvgIpc) is 2.68. The van der Waals surface area contributed by atoms with Crippen LogP contribution in [0.4, 0.5) is 0 Å². The van der Waals surface area contributed by atoms with E-state index in [-0.39, 0.29) is 5.38 Å². The first-order valence-electron chi connectivity index (χ1n) is 11.9. The Balaban J connectivity index is 1.48. The Kier molecular flexibility index (Phi) is 9.04. The molecule has 0 saturated carbocycles. The van der Waals surface area contributed by atoms with Crippen LogP contribution in [-0.4, -0.2) is 41.7 Å². The average molecular weight is 439 g/mol. The van der Waals surface area contributed by atoms with Gasteiger partial charge in [-0.15, -0.1) is 11.6 Å². The Morgan fingerprint density at radius 1 is 1.14 bits per heavy atom. The third kappa shape index (κ3) is 7.02. The van der Waals surface area contributed by atoms with E-state index >= 15 is 0 Å². The van der Waals surface area contributed by atoms with Gasteiger partial charge in [0.1, 0.15) is 0 Å². The Labute approximate surface area is 189 Å². The summed E-state index contributed by atoms with van der Waals surface area (Å²) in [5, 5.41) is 0.259. The van der Waals surface area contributed by atoms with Gasteiger partial charge in [-0.1, -0.05) is 63.9 Å². The second-order valence-corrected chi connectivity index (χ2v) is 12.1. The number of nitrogens with one attached hydrogen (secondary N) is 1. The zero-order valence-corrected chi connectivity index (χ0v) is 20.7. The Morgan fingerprint density at radius 3 is 2.59 bits per heavy atom. The summed E-state index contributed by atoms with van der Waals surface area (Å²) in [6, 6.07) is 0.568. The van der Waals surface area contributed by atoms with Crippen LogP contribution >= 0.6 is 23.5 Å². The van der Waals surface area contributed by atoms with Gasteiger partial charge in [0.25, 0.3) is 0 Å². The fourth-order valence-electron chi connectivity index (χ4n) is 5.52. The van der Waals surface area contributed by atoms with Crippen LogP contribution in [0.1, 0.15) is 66.2 Å². The Morgan fingerprint density at radius 2 is 1.97 bits per heavy atom. The van der Waals surface area contributed by atoms with Crippen molar-refractivity contribution in [2.45, 2.75) is 77.6 Å². The van der Waals surface area contributed by atoms with Gasteiger partial charge in [-0.3, -0.25) is 4.72 Å². The van der Waals surface area contributed by atoms with Crippen molar-refractivity contribution in [3.63, 3.8) is 0 Å². The Hall–Kier alpha value is 0.0400. The minimum Gasteiger partial charge on any atom is -0.301 e. The maximum Gasteiger partial charge on any atom is 0.0516 e. The smallest absolute Gasteiger partial charge is 0.0516 e. The molecule has 2 aliphatic carbocycles. The van der Waals surface area contributed by atoms with E-state index in [1.54, 1.807) is 0 Å². The van der Waals surface area contributed by atoms with Crippen molar-refractivity contribution >= 4 is 23.5 Å². The molecule has 0 bridgehead atoms. The van der Waals surface area contributed by atoms with Crippen LogP contribution in [0.3, 0.4) is 0 Å². The van der Waals surface area contributed by atoms with Crippen LogP contribution in [0, 0.1) is 29.1 Å². The number of hydrogen-bond acceptors (Lipinski definition) is 3. The molecule has 3 unspecified atom stereocenters. The van der Waals surface area contributed by atoms with E-state index in [4.69, 9.17) is 11.6 Å². The molecule has 3 rings (SSSR count). The van der Waals surface area contributed by atoms with E-state index < -0.39 is 0 Å². The Bertz CT molecular complexity index is 559. The zero-order chi connectivity index (χ0) is 20.9. The molecule has 1 heterocycles. The van der Waals surface area contributed by atoms with Gasteiger partial charge in [-0.25, -0.2) is 0 Å². The molecule has 0 aromatic heterocycles. The van der Waals surface area contributed by atoms with E-state index in [1.807, 2.05) is 11.9 Å². The van der Waals surface area contributed by atoms with Gasteiger partial charge >= 0.3 is 0 Å². The summed E-state index contributed by atoms with van der Waals surface area (Å²) in [4.78, 5) is 2.73. The van der Waals surface area contributed by atoms with Gasteiger partial charge in [0.05, 0.1) is 5.38 Å². The largest absolute Gasteiger partial charge is 0.301 e. The molecule has 29 heavy (non-hydrogen) atoms. The summed E-state index contributed by atoms with van der Waals surface area (Å²) in [7, 11) is 0. The molecule has 0 amide bonds. The SMILES string of the molecule is CC(C)[C@H](CN1CC[C@H](C2C=CC(Cl)CC2)C(C)(C)C1)NSCC1CC=CCC1. The third-order valence-electron chi connectivity index (χ3n) is 7.44. The molecule has 1 fully saturated rings. The summed E-state index contributed by atoms with van der Waals surface area (Å²) >= 11 is 8.26. The lowest BCUT2D eigenvalue weighted by Crippen LogP contribution is -2.52. The van der Waals surface area contributed by atoms with Crippen molar-refractivity contribution in [2.24, 2.45) is 29.1 Å². The third-order valence-corrected chi connectivity index (χ3v) is 8.91.